The maximum Gasteiger partial charge on any atom is 0.354 e. The number of aromatic nitrogens is 1. The Balaban J connectivity index is 2.10. The van der Waals surface area contributed by atoms with E-state index < -0.39 is 5.97 Å². The highest BCUT2D eigenvalue weighted by Gasteiger charge is 2.09. The maximum atomic E-state index is 10.7. The van der Waals surface area contributed by atoms with E-state index in [1.165, 1.54) is 6.07 Å². The van der Waals surface area contributed by atoms with E-state index in [9.17, 15) is 4.79 Å². The predicted molar refractivity (Wildman–Crippen MR) is 76.9 cm³/mol. The molecular formula is C14H12ClNO2S. The lowest BCUT2D eigenvalue weighted by molar-refractivity contribution is 0.0690. The van der Waals surface area contributed by atoms with Gasteiger partial charge in [-0.25, -0.2) is 9.78 Å². The van der Waals surface area contributed by atoms with E-state index in [-0.39, 0.29) is 10.9 Å². The molecule has 0 aliphatic rings. The summed E-state index contributed by atoms with van der Waals surface area (Å²) in [5.74, 6) is -1.01. The fourth-order valence-electron chi connectivity index (χ4n) is 1.61. The van der Waals surface area contributed by atoms with Gasteiger partial charge in [0.2, 0.25) is 0 Å². The molecule has 2 rings (SSSR count). The van der Waals surface area contributed by atoms with E-state index in [1.54, 1.807) is 24.0 Å². The van der Waals surface area contributed by atoms with E-state index in [0.717, 1.165) is 10.5 Å². The molecule has 0 radical (unpaired) electrons. The normalized spacial score (nSPS) is 12.1. The molecule has 0 fully saturated rings. The molecule has 1 atom stereocenters. The van der Waals surface area contributed by atoms with Gasteiger partial charge in [0.05, 0.1) is 0 Å². The Morgan fingerprint density at radius 1 is 1.37 bits per heavy atom. The molecule has 0 aliphatic heterocycles. The van der Waals surface area contributed by atoms with Crippen molar-refractivity contribution in [2.75, 3.05) is 0 Å². The molecule has 1 aromatic carbocycles. The van der Waals surface area contributed by atoms with Gasteiger partial charge in [0.1, 0.15) is 5.69 Å². The van der Waals surface area contributed by atoms with Crippen molar-refractivity contribution in [2.45, 2.75) is 17.1 Å². The molecule has 2 aromatic rings. The van der Waals surface area contributed by atoms with Crippen molar-refractivity contribution < 1.29 is 9.90 Å². The third kappa shape index (κ3) is 3.72. The number of pyridine rings is 1. The fraction of sp³-hybridized carbons (Fsp3) is 0.143. The summed E-state index contributed by atoms with van der Waals surface area (Å²) >= 11 is 7.57. The predicted octanol–water partition coefficient (Wildman–Crippen LogP) is 4.29. The van der Waals surface area contributed by atoms with Gasteiger partial charge in [-0.15, -0.1) is 11.8 Å². The van der Waals surface area contributed by atoms with Gasteiger partial charge in [0.25, 0.3) is 0 Å². The molecule has 1 N–H and O–H groups in total. The standard InChI is InChI=1S/C14H12ClNO2S/c1-9(10-3-2-4-11(15)7-10)19-12-5-6-13(14(17)18)16-8-12/h2-9H,1H3,(H,17,18)/t9-/m1/s1. The van der Waals surface area contributed by atoms with Gasteiger partial charge in [0, 0.05) is 21.4 Å². The number of benzene rings is 1. The van der Waals surface area contributed by atoms with Gasteiger partial charge >= 0.3 is 5.97 Å². The molecule has 1 heterocycles. The lowest BCUT2D eigenvalue weighted by Gasteiger charge is -2.11. The molecule has 5 heteroatoms. The van der Waals surface area contributed by atoms with Gasteiger partial charge < -0.3 is 5.11 Å². The second-order valence-electron chi connectivity index (χ2n) is 4.00. The molecule has 1 aromatic heterocycles. The minimum Gasteiger partial charge on any atom is -0.477 e. The highest BCUT2D eigenvalue weighted by atomic mass is 35.5. The van der Waals surface area contributed by atoms with Gasteiger partial charge in [-0.05, 0) is 36.8 Å². The number of aromatic carboxylic acids is 1. The molecule has 0 aliphatic carbocycles. The zero-order chi connectivity index (χ0) is 13.8. The van der Waals surface area contributed by atoms with Crippen molar-refractivity contribution in [3.8, 4) is 0 Å². The Morgan fingerprint density at radius 2 is 2.16 bits per heavy atom. The first-order valence-corrected chi connectivity index (χ1v) is 6.93. The topological polar surface area (TPSA) is 50.2 Å². The number of nitrogens with zero attached hydrogens (tertiary/aromatic N) is 1. The number of carboxylic acids is 1. The zero-order valence-corrected chi connectivity index (χ0v) is 11.8. The Hall–Kier alpha value is -1.52. The van der Waals surface area contributed by atoms with E-state index in [0.29, 0.717) is 5.02 Å². The first kappa shape index (κ1) is 13.9. The van der Waals surface area contributed by atoms with Crippen molar-refractivity contribution in [2.24, 2.45) is 0 Å². The number of hydrogen-bond acceptors (Lipinski definition) is 3. The minimum absolute atomic E-state index is 0.0553. The molecule has 0 saturated heterocycles. The molecule has 0 spiro atoms. The van der Waals surface area contributed by atoms with Crippen molar-refractivity contribution >= 4 is 29.3 Å². The van der Waals surface area contributed by atoms with Crippen LogP contribution in [0.3, 0.4) is 0 Å². The summed E-state index contributed by atoms with van der Waals surface area (Å²) in [6.07, 6.45) is 1.58. The van der Waals surface area contributed by atoms with Crippen LogP contribution in [0.15, 0.2) is 47.5 Å². The summed E-state index contributed by atoms with van der Waals surface area (Å²) in [5.41, 5.74) is 1.18. The second-order valence-corrected chi connectivity index (χ2v) is 5.85. The van der Waals surface area contributed by atoms with Crippen LogP contribution in [0.25, 0.3) is 0 Å². The minimum atomic E-state index is -1.01. The van der Waals surface area contributed by atoms with Crippen molar-refractivity contribution in [3.63, 3.8) is 0 Å². The summed E-state index contributed by atoms with van der Waals surface area (Å²) in [7, 11) is 0. The zero-order valence-electron chi connectivity index (χ0n) is 10.2. The van der Waals surface area contributed by atoms with Crippen LogP contribution < -0.4 is 0 Å². The van der Waals surface area contributed by atoms with Crippen molar-refractivity contribution in [1.82, 2.24) is 4.98 Å². The molecule has 0 amide bonds. The summed E-state index contributed by atoms with van der Waals surface area (Å²) in [6.45, 7) is 2.07. The van der Waals surface area contributed by atoms with Crippen molar-refractivity contribution in [3.05, 3.63) is 58.9 Å². The van der Waals surface area contributed by atoms with Gasteiger partial charge in [-0.1, -0.05) is 23.7 Å². The Kier molecular flexibility index (Phi) is 4.45. The average molecular weight is 294 g/mol. The number of thioether (sulfide) groups is 1. The maximum absolute atomic E-state index is 10.7. The number of carboxylic acid groups (broad SMARTS) is 1. The van der Waals surface area contributed by atoms with Gasteiger partial charge in [-0.2, -0.15) is 0 Å². The molecule has 0 unspecified atom stereocenters. The fourth-order valence-corrected chi connectivity index (χ4v) is 2.76. The molecular weight excluding hydrogens is 282 g/mol. The van der Waals surface area contributed by atoms with Crippen LogP contribution >= 0.6 is 23.4 Å². The SMILES string of the molecule is C[C@@H](Sc1ccc(C(=O)O)nc1)c1cccc(Cl)c1. The summed E-state index contributed by atoms with van der Waals surface area (Å²) in [6, 6.07) is 11.0. The first-order chi connectivity index (χ1) is 9.06. The van der Waals surface area contributed by atoms with Crippen LogP contribution in [-0.4, -0.2) is 16.1 Å². The lowest BCUT2D eigenvalue weighted by atomic mass is 10.2. The van der Waals surface area contributed by atoms with E-state index in [4.69, 9.17) is 16.7 Å². The molecule has 3 nitrogen and oxygen atoms in total. The monoisotopic (exact) mass is 293 g/mol. The number of halogens is 1. The Labute approximate surface area is 120 Å². The average Bonchev–Trinajstić information content (AvgIpc) is 2.39. The lowest BCUT2D eigenvalue weighted by Crippen LogP contribution is -1.99. The summed E-state index contributed by atoms with van der Waals surface area (Å²) < 4.78 is 0. The molecule has 0 saturated carbocycles. The molecule has 0 bridgehead atoms. The summed E-state index contributed by atoms with van der Waals surface area (Å²) in [5, 5.41) is 9.71. The first-order valence-electron chi connectivity index (χ1n) is 5.68. The highest BCUT2D eigenvalue weighted by Crippen LogP contribution is 2.35. The van der Waals surface area contributed by atoms with E-state index >= 15 is 0 Å². The quantitative estimate of drug-likeness (QED) is 0.855. The van der Waals surface area contributed by atoms with Crippen LogP contribution in [0.4, 0.5) is 0 Å². The third-order valence-electron chi connectivity index (χ3n) is 2.59. The Bertz CT molecular complexity index is 586. The van der Waals surface area contributed by atoms with Crippen LogP contribution in [-0.2, 0) is 0 Å². The van der Waals surface area contributed by atoms with Crippen LogP contribution in [0.2, 0.25) is 5.02 Å². The number of hydrogen-bond donors (Lipinski definition) is 1. The van der Waals surface area contributed by atoms with Crippen LogP contribution in [0.5, 0.6) is 0 Å². The van der Waals surface area contributed by atoms with Gasteiger partial charge in [-0.3, -0.25) is 0 Å². The van der Waals surface area contributed by atoms with E-state index in [1.807, 2.05) is 24.3 Å². The van der Waals surface area contributed by atoms with Crippen LogP contribution in [0, 0.1) is 0 Å². The smallest absolute Gasteiger partial charge is 0.354 e. The third-order valence-corrected chi connectivity index (χ3v) is 3.96. The molecule has 98 valence electrons. The molecule has 19 heavy (non-hydrogen) atoms. The van der Waals surface area contributed by atoms with Crippen LogP contribution in [0.1, 0.15) is 28.2 Å². The number of rotatable bonds is 4. The highest BCUT2D eigenvalue weighted by molar-refractivity contribution is 7.99. The summed E-state index contributed by atoms with van der Waals surface area (Å²) in [4.78, 5) is 15.5. The van der Waals surface area contributed by atoms with Crippen molar-refractivity contribution in [1.29, 1.82) is 0 Å². The largest absolute Gasteiger partial charge is 0.477 e. The Morgan fingerprint density at radius 3 is 2.74 bits per heavy atom. The van der Waals surface area contributed by atoms with E-state index in [2.05, 4.69) is 11.9 Å². The second kappa shape index (κ2) is 6.08. The number of carbonyl (C=O) groups is 1. The van der Waals surface area contributed by atoms with Gasteiger partial charge in [0.15, 0.2) is 0 Å².